The van der Waals surface area contributed by atoms with E-state index in [1.54, 1.807) is 0 Å². The minimum Gasteiger partial charge on any atom is -0.478 e. The van der Waals surface area contributed by atoms with Crippen LogP contribution in [0.3, 0.4) is 0 Å². The van der Waals surface area contributed by atoms with Crippen molar-refractivity contribution in [3.8, 4) is 0 Å². The molecule has 0 amide bonds. The fourth-order valence-electron chi connectivity index (χ4n) is 2.20. The van der Waals surface area contributed by atoms with E-state index in [4.69, 9.17) is 5.11 Å². The number of carbonyl (C=O) groups is 1. The van der Waals surface area contributed by atoms with Crippen molar-refractivity contribution in [1.29, 1.82) is 0 Å². The maximum atomic E-state index is 13.5. The number of rotatable bonds is 4. The van der Waals surface area contributed by atoms with Gasteiger partial charge in [0.1, 0.15) is 5.82 Å². The maximum Gasteiger partial charge on any atom is 0.335 e. The lowest BCUT2D eigenvalue weighted by Crippen LogP contribution is -2.31. The van der Waals surface area contributed by atoms with Gasteiger partial charge in [-0.05, 0) is 38.2 Å². The highest BCUT2D eigenvalue weighted by Crippen LogP contribution is 2.12. The smallest absolute Gasteiger partial charge is 0.335 e. The SMILES string of the molecule is CN1CCC(NCc2cc(C(=O)O)ccc2F)C1. The summed E-state index contributed by atoms with van der Waals surface area (Å²) in [5.74, 6) is -1.39. The lowest BCUT2D eigenvalue weighted by atomic mass is 10.1. The summed E-state index contributed by atoms with van der Waals surface area (Å²) in [6, 6.07) is 4.23. The normalized spacial score (nSPS) is 20.2. The zero-order valence-corrected chi connectivity index (χ0v) is 10.3. The Labute approximate surface area is 105 Å². The summed E-state index contributed by atoms with van der Waals surface area (Å²) in [6.07, 6.45) is 1.04. The van der Waals surface area contributed by atoms with Gasteiger partial charge in [0.15, 0.2) is 0 Å². The van der Waals surface area contributed by atoms with Crippen molar-refractivity contribution >= 4 is 5.97 Å². The van der Waals surface area contributed by atoms with Crippen LogP contribution in [0.25, 0.3) is 0 Å². The molecular weight excluding hydrogens is 235 g/mol. The molecule has 0 aromatic heterocycles. The number of likely N-dealkylation sites (tertiary alicyclic amines) is 1. The summed E-state index contributed by atoms with van der Waals surface area (Å²) >= 11 is 0. The third-order valence-corrected chi connectivity index (χ3v) is 3.27. The van der Waals surface area contributed by atoms with Crippen LogP contribution in [0.4, 0.5) is 4.39 Å². The largest absolute Gasteiger partial charge is 0.478 e. The van der Waals surface area contributed by atoms with Crippen molar-refractivity contribution < 1.29 is 14.3 Å². The van der Waals surface area contributed by atoms with Crippen LogP contribution in [0.1, 0.15) is 22.3 Å². The summed E-state index contributed by atoms with van der Waals surface area (Å²) in [5.41, 5.74) is 0.529. The van der Waals surface area contributed by atoms with Gasteiger partial charge in [-0.15, -0.1) is 0 Å². The second-order valence-corrected chi connectivity index (χ2v) is 4.74. The number of halogens is 1. The lowest BCUT2D eigenvalue weighted by molar-refractivity contribution is 0.0696. The highest BCUT2D eigenvalue weighted by Gasteiger charge is 2.19. The summed E-state index contributed by atoms with van der Waals surface area (Å²) in [7, 11) is 2.05. The van der Waals surface area contributed by atoms with E-state index < -0.39 is 5.97 Å². The summed E-state index contributed by atoms with van der Waals surface area (Å²) in [4.78, 5) is 13.0. The molecule has 0 bridgehead atoms. The number of nitrogens with one attached hydrogen (secondary N) is 1. The Morgan fingerprint density at radius 1 is 1.61 bits per heavy atom. The monoisotopic (exact) mass is 252 g/mol. The van der Waals surface area contributed by atoms with Gasteiger partial charge in [-0.2, -0.15) is 0 Å². The van der Waals surface area contributed by atoms with Gasteiger partial charge in [-0.25, -0.2) is 9.18 Å². The molecule has 0 aliphatic carbocycles. The zero-order valence-electron chi connectivity index (χ0n) is 10.3. The lowest BCUT2D eigenvalue weighted by Gasteiger charge is -2.13. The molecule has 0 radical (unpaired) electrons. The van der Waals surface area contributed by atoms with Crippen LogP contribution < -0.4 is 5.32 Å². The minimum atomic E-state index is -1.03. The van der Waals surface area contributed by atoms with Crippen molar-refractivity contribution in [3.63, 3.8) is 0 Å². The number of carboxylic acid groups (broad SMARTS) is 1. The number of aromatic carboxylic acids is 1. The predicted octanol–water partition coefficient (Wildman–Crippen LogP) is 1.32. The molecule has 2 N–H and O–H groups in total. The van der Waals surface area contributed by atoms with E-state index >= 15 is 0 Å². The van der Waals surface area contributed by atoms with E-state index in [2.05, 4.69) is 10.2 Å². The Morgan fingerprint density at radius 2 is 2.39 bits per heavy atom. The average Bonchev–Trinajstić information content (AvgIpc) is 2.74. The molecule has 1 atom stereocenters. The highest BCUT2D eigenvalue weighted by atomic mass is 19.1. The topological polar surface area (TPSA) is 52.6 Å². The van der Waals surface area contributed by atoms with E-state index in [0.717, 1.165) is 19.5 Å². The Morgan fingerprint density at radius 3 is 3.00 bits per heavy atom. The van der Waals surface area contributed by atoms with E-state index in [0.29, 0.717) is 18.2 Å². The molecule has 0 saturated carbocycles. The number of carboxylic acids is 1. The van der Waals surface area contributed by atoms with E-state index in [1.807, 2.05) is 7.05 Å². The van der Waals surface area contributed by atoms with Crippen molar-refractivity contribution in [3.05, 3.63) is 35.1 Å². The predicted molar refractivity (Wildman–Crippen MR) is 66.1 cm³/mol. The average molecular weight is 252 g/mol. The minimum absolute atomic E-state index is 0.122. The molecule has 5 heteroatoms. The van der Waals surface area contributed by atoms with Gasteiger partial charge in [-0.3, -0.25) is 0 Å². The second-order valence-electron chi connectivity index (χ2n) is 4.74. The number of nitrogens with zero attached hydrogens (tertiary/aromatic N) is 1. The molecule has 1 unspecified atom stereocenters. The van der Waals surface area contributed by atoms with Crippen LogP contribution in [0, 0.1) is 5.82 Å². The summed E-state index contributed by atoms with van der Waals surface area (Å²) in [5, 5.41) is 12.1. The molecule has 1 heterocycles. The van der Waals surface area contributed by atoms with Crippen LogP contribution in [0.5, 0.6) is 0 Å². The van der Waals surface area contributed by atoms with Gasteiger partial charge < -0.3 is 15.3 Å². The molecule has 1 aliphatic heterocycles. The third kappa shape index (κ3) is 3.05. The molecule has 4 nitrogen and oxygen atoms in total. The van der Waals surface area contributed by atoms with Gasteiger partial charge in [0, 0.05) is 24.7 Å². The molecule has 98 valence electrons. The fourth-order valence-corrected chi connectivity index (χ4v) is 2.20. The fraction of sp³-hybridized carbons (Fsp3) is 0.462. The van der Waals surface area contributed by atoms with Gasteiger partial charge >= 0.3 is 5.97 Å². The maximum absolute atomic E-state index is 13.5. The molecule has 2 rings (SSSR count). The van der Waals surface area contributed by atoms with Crippen molar-refractivity contribution in [2.75, 3.05) is 20.1 Å². The molecule has 18 heavy (non-hydrogen) atoms. The highest BCUT2D eigenvalue weighted by molar-refractivity contribution is 5.87. The van der Waals surface area contributed by atoms with Crippen LogP contribution in [0.15, 0.2) is 18.2 Å². The summed E-state index contributed by atoms with van der Waals surface area (Å²) < 4.78 is 13.5. The van der Waals surface area contributed by atoms with E-state index in [1.165, 1.54) is 18.2 Å². The van der Waals surface area contributed by atoms with Crippen LogP contribution >= 0.6 is 0 Å². The van der Waals surface area contributed by atoms with E-state index in [9.17, 15) is 9.18 Å². The Bertz CT molecular complexity index is 451. The standard InChI is InChI=1S/C13H17FN2O2/c1-16-5-4-11(8-16)15-7-10-6-9(13(17)18)2-3-12(10)14/h2-3,6,11,15H,4-5,7-8H2,1H3,(H,17,18). The van der Waals surface area contributed by atoms with Crippen molar-refractivity contribution in [2.24, 2.45) is 0 Å². The summed E-state index contributed by atoms with van der Waals surface area (Å²) in [6.45, 7) is 2.35. The number of hydrogen-bond acceptors (Lipinski definition) is 3. The molecular formula is C13H17FN2O2. The van der Waals surface area contributed by atoms with Crippen LogP contribution in [0.2, 0.25) is 0 Å². The van der Waals surface area contributed by atoms with Gasteiger partial charge in [0.05, 0.1) is 5.56 Å². The molecule has 1 fully saturated rings. The van der Waals surface area contributed by atoms with Gasteiger partial charge in [0.25, 0.3) is 0 Å². The first-order valence-corrected chi connectivity index (χ1v) is 6.00. The second kappa shape index (κ2) is 5.46. The van der Waals surface area contributed by atoms with Crippen molar-refractivity contribution in [2.45, 2.75) is 19.0 Å². The van der Waals surface area contributed by atoms with Crippen LogP contribution in [-0.2, 0) is 6.54 Å². The first-order chi connectivity index (χ1) is 8.56. The number of benzene rings is 1. The molecule has 1 aromatic carbocycles. The Balaban J connectivity index is 2.00. The van der Waals surface area contributed by atoms with Crippen LogP contribution in [-0.4, -0.2) is 42.2 Å². The molecule has 1 aliphatic rings. The van der Waals surface area contributed by atoms with Gasteiger partial charge in [0.2, 0.25) is 0 Å². The Hall–Kier alpha value is -1.46. The Kier molecular flexibility index (Phi) is 3.93. The number of likely N-dealkylation sites (N-methyl/N-ethyl adjacent to an activating group) is 1. The van der Waals surface area contributed by atoms with Crippen molar-refractivity contribution in [1.82, 2.24) is 10.2 Å². The molecule has 0 spiro atoms. The van der Waals surface area contributed by atoms with Gasteiger partial charge in [-0.1, -0.05) is 0 Å². The first-order valence-electron chi connectivity index (χ1n) is 6.00. The van der Waals surface area contributed by atoms with E-state index in [-0.39, 0.29) is 11.4 Å². The third-order valence-electron chi connectivity index (χ3n) is 3.27. The first kappa shape index (κ1) is 13.0. The zero-order chi connectivity index (χ0) is 13.1. The quantitative estimate of drug-likeness (QED) is 0.848. The molecule has 1 saturated heterocycles. The number of hydrogen-bond donors (Lipinski definition) is 2. The molecule has 1 aromatic rings.